The van der Waals surface area contributed by atoms with Gasteiger partial charge in [0.25, 0.3) is 0 Å². The van der Waals surface area contributed by atoms with Crippen molar-refractivity contribution in [3.05, 3.63) is 35.5 Å². The van der Waals surface area contributed by atoms with Crippen LogP contribution >= 0.6 is 0 Å². The molecule has 0 fully saturated rings. The molecular weight excluding hydrogens is 208 g/mol. The van der Waals surface area contributed by atoms with Crippen molar-refractivity contribution in [3.8, 4) is 0 Å². The van der Waals surface area contributed by atoms with E-state index in [2.05, 4.69) is 55.5 Å². The number of hydrogen-bond donors (Lipinski definition) is 2. The molecule has 3 rings (SSSR count). The molecule has 0 bridgehead atoms. The molecule has 0 amide bonds. The smallest absolute Gasteiger partial charge is 0.0459 e. The van der Waals surface area contributed by atoms with E-state index in [1.807, 2.05) is 0 Å². The first-order valence-electron chi connectivity index (χ1n) is 6.37. The largest absolute Gasteiger partial charge is 0.358 e. The molecular formula is C15H20N2. The molecule has 90 valence electrons. The van der Waals surface area contributed by atoms with Gasteiger partial charge in [0.15, 0.2) is 0 Å². The fourth-order valence-electron chi connectivity index (χ4n) is 3.21. The van der Waals surface area contributed by atoms with Crippen LogP contribution in [0.15, 0.2) is 24.3 Å². The summed E-state index contributed by atoms with van der Waals surface area (Å²) in [5.41, 5.74) is 4.56. The van der Waals surface area contributed by atoms with Crippen LogP contribution in [0.4, 0.5) is 0 Å². The summed E-state index contributed by atoms with van der Waals surface area (Å²) in [6, 6.07) is 9.11. The molecule has 1 aromatic carbocycles. The van der Waals surface area contributed by atoms with Gasteiger partial charge >= 0.3 is 0 Å². The van der Waals surface area contributed by atoms with Crippen LogP contribution in [0, 0.1) is 5.41 Å². The van der Waals surface area contributed by atoms with Gasteiger partial charge in [-0.15, -0.1) is 0 Å². The van der Waals surface area contributed by atoms with E-state index < -0.39 is 0 Å². The normalized spacial score (nSPS) is 22.6. The average Bonchev–Trinajstić information content (AvgIpc) is 2.64. The molecule has 1 unspecified atom stereocenters. The molecule has 0 radical (unpaired) electrons. The van der Waals surface area contributed by atoms with E-state index in [1.165, 1.54) is 28.6 Å². The van der Waals surface area contributed by atoms with Crippen LogP contribution in [-0.4, -0.2) is 12.0 Å². The van der Waals surface area contributed by atoms with Gasteiger partial charge in [-0.3, -0.25) is 0 Å². The third-order valence-corrected chi connectivity index (χ3v) is 3.94. The SMILES string of the molecule is CNC1CC(C)(C)Cc2[nH]c3ccccc3c21. The minimum Gasteiger partial charge on any atom is -0.358 e. The van der Waals surface area contributed by atoms with Crippen molar-refractivity contribution in [2.45, 2.75) is 32.7 Å². The van der Waals surface area contributed by atoms with Crippen LogP contribution in [0.3, 0.4) is 0 Å². The third-order valence-electron chi connectivity index (χ3n) is 3.94. The average molecular weight is 228 g/mol. The highest BCUT2D eigenvalue weighted by atomic mass is 14.9. The van der Waals surface area contributed by atoms with Gasteiger partial charge in [-0.25, -0.2) is 0 Å². The maximum Gasteiger partial charge on any atom is 0.0459 e. The van der Waals surface area contributed by atoms with E-state index >= 15 is 0 Å². The standard InChI is InChI=1S/C15H20N2/c1-15(2)8-12(16-3)14-10-6-4-5-7-11(10)17-13(14)9-15/h4-7,12,16-17H,8-9H2,1-3H3. The van der Waals surface area contributed by atoms with Crippen molar-refractivity contribution in [3.63, 3.8) is 0 Å². The van der Waals surface area contributed by atoms with Crippen molar-refractivity contribution in [1.29, 1.82) is 0 Å². The Balaban J connectivity index is 2.23. The van der Waals surface area contributed by atoms with Gasteiger partial charge in [0, 0.05) is 22.6 Å². The number of rotatable bonds is 1. The van der Waals surface area contributed by atoms with Crippen LogP contribution in [0.5, 0.6) is 0 Å². The molecule has 1 aliphatic carbocycles. The van der Waals surface area contributed by atoms with E-state index in [4.69, 9.17) is 0 Å². The second-order valence-electron chi connectivity index (χ2n) is 5.95. The molecule has 2 nitrogen and oxygen atoms in total. The number of hydrogen-bond acceptors (Lipinski definition) is 1. The summed E-state index contributed by atoms with van der Waals surface area (Å²) in [6.45, 7) is 4.71. The molecule has 0 aliphatic heterocycles. The number of fused-ring (bicyclic) bond motifs is 3. The number of H-pyrrole nitrogens is 1. The van der Waals surface area contributed by atoms with Crippen LogP contribution in [0.2, 0.25) is 0 Å². The van der Waals surface area contributed by atoms with E-state index in [-0.39, 0.29) is 0 Å². The van der Waals surface area contributed by atoms with Gasteiger partial charge < -0.3 is 10.3 Å². The highest BCUT2D eigenvalue weighted by Gasteiger charge is 2.33. The number of benzene rings is 1. The first kappa shape index (κ1) is 10.8. The van der Waals surface area contributed by atoms with Gasteiger partial charge in [0.1, 0.15) is 0 Å². The first-order chi connectivity index (χ1) is 8.11. The maximum absolute atomic E-state index is 3.60. The molecule has 17 heavy (non-hydrogen) atoms. The highest BCUT2D eigenvalue weighted by Crippen LogP contribution is 2.43. The molecule has 2 aromatic rings. The van der Waals surface area contributed by atoms with Gasteiger partial charge in [-0.2, -0.15) is 0 Å². The second kappa shape index (κ2) is 3.61. The zero-order chi connectivity index (χ0) is 12.0. The summed E-state index contributed by atoms with van der Waals surface area (Å²) >= 11 is 0. The van der Waals surface area contributed by atoms with Crippen LogP contribution in [0.1, 0.15) is 37.6 Å². The number of aromatic nitrogens is 1. The van der Waals surface area contributed by atoms with Crippen molar-refractivity contribution >= 4 is 10.9 Å². The number of aromatic amines is 1. The minimum atomic E-state index is 0.377. The Bertz CT molecular complexity index is 551. The Labute approximate surface area is 102 Å². The molecule has 1 aliphatic rings. The lowest BCUT2D eigenvalue weighted by atomic mass is 9.74. The Morgan fingerprint density at radius 3 is 2.82 bits per heavy atom. The van der Waals surface area contributed by atoms with Gasteiger partial charge in [0.2, 0.25) is 0 Å². The molecule has 0 spiro atoms. The predicted molar refractivity (Wildman–Crippen MR) is 72.2 cm³/mol. The van der Waals surface area contributed by atoms with Crippen LogP contribution < -0.4 is 5.32 Å². The highest BCUT2D eigenvalue weighted by molar-refractivity contribution is 5.85. The number of para-hydroxylation sites is 1. The Morgan fingerprint density at radius 2 is 2.06 bits per heavy atom. The zero-order valence-electron chi connectivity index (χ0n) is 10.8. The molecule has 1 atom stereocenters. The fourth-order valence-corrected chi connectivity index (χ4v) is 3.21. The summed E-state index contributed by atoms with van der Waals surface area (Å²) in [4.78, 5) is 3.60. The van der Waals surface area contributed by atoms with Crippen LogP contribution in [0.25, 0.3) is 10.9 Å². The van der Waals surface area contributed by atoms with Gasteiger partial charge in [-0.05, 0) is 36.9 Å². The van der Waals surface area contributed by atoms with E-state index in [1.54, 1.807) is 0 Å². The topological polar surface area (TPSA) is 27.8 Å². The fraction of sp³-hybridized carbons (Fsp3) is 0.467. The third kappa shape index (κ3) is 1.67. The predicted octanol–water partition coefficient (Wildman–Crippen LogP) is 3.40. The summed E-state index contributed by atoms with van der Waals surface area (Å²) in [7, 11) is 2.07. The summed E-state index contributed by atoms with van der Waals surface area (Å²) in [5.74, 6) is 0. The van der Waals surface area contributed by atoms with Crippen LogP contribution in [-0.2, 0) is 6.42 Å². The van der Waals surface area contributed by atoms with Crippen molar-refractivity contribution < 1.29 is 0 Å². The Hall–Kier alpha value is -1.28. The van der Waals surface area contributed by atoms with Crippen molar-refractivity contribution in [2.75, 3.05) is 7.05 Å². The molecule has 0 saturated heterocycles. The van der Waals surface area contributed by atoms with Crippen molar-refractivity contribution in [2.24, 2.45) is 5.41 Å². The quantitative estimate of drug-likeness (QED) is 0.769. The molecule has 1 heterocycles. The lowest BCUT2D eigenvalue weighted by Crippen LogP contribution is -2.31. The van der Waals surface area contributed by atoms with Crippen molar-refractivity contribution in [1.82, 2.24) is 10.3 Å². The van der Waals surface area contributed by atoms with E-state index in [0.29, 0.717) is 11.5 Å². The maximum atomic E-state index is 3.60. The monoisotopic (exact) mass is 228 g/mol. The Morgan fingerprint density at radius 1 is 1.29 bits per heavy atom. The zero-order valence-corrected chi connectivity index (χ0v) is 10.8. The summed E-state index contributed by atoms with van der Waals surface area (Å²) in [5, 5.41) is 4.86. The summed E-state index contributed by atoms with van der Waals surface area (Å²) in [6.07, 6.45) is 2.35. The molecule has 2 heteroatoms. The molecule has 1 aromatic heterocycles. The molecule has 0 saturated carbocycles. The van der Waals surface area contributed by atoms with Gasteiger partial charge in [-0.1, -0.05) is 32.0 Å². The minimum absolute atomic E-state index is 0.377. The number of nitrogens with one attached hydrogen (secondary N) is 2. The summed E-state index contributed by atoms with van der Waals surface area (Å²) < 4.78 is 0. The Kier molecular flexibility index (Phi) is 2.30. The van der Waals surface area contributed by atoms with Gasteiger partial charge in [0.05, 0.1) is 0 Å². The van der Waals surface area contributed by atoms with E-state index in [0.717, 1.165) is 6.42 Å². The lowest BCUT2D eigenvalue weighted by molar-refractivity contribution is 0.264. The first-order valence-corrected chi connectivity index (χ1v) is 6.37. The lowest BCUT2D eigenvalue weighted by Gasteiger charge is -2.35. The van der Waals surface area contributed by atoms with E-state index in [9.17, 15) is 0 Å². The second-order valence-corrected chi connectivity index (χ2v) is 5.95. The molecule has 2 N–H and O–H groups in total.